The van der Waals surface area contributed by atoms with Gasteiger partial charge in [0.1, 0.15) is 5.75 Å². The number of nitrogens with two attached hydrogens (primary N) is 1. The van der Waals surface area contributed by atoms with Gasteiger partial charge in [-0.15, -0.1) is 0 Å². The van der Waals surface area contributed by atoms with E-state index >= 15 is 0 Å². The molecule has 106 valence electrons. The summed E-state index contributed by atoms with van der Waals surface area (Å²) in [6, 6.07) is 7.86. The lowest BCUT2D eigenvalue weighted by Crippen LogP contribution is -2.42. The van der Waals surface area contributed by atoms with Crippen LogP contribution in [0.1, 0.15) is 5.56 Å². The first-order valence-electron chi connectivity index (χ1n) is 6.06. The summed E-state index contributed by atoms with van der Waals surface area (Å²) in [6.45, 7) is 1.78. The van der Waals surface area contributed by atoms with Crippen LogP contribution in [-0.2, 0) is 11.3 Å². The van der Waals surface area contributed by atoms with Gasteiger partial charge in [-0.1, -0.05) is 18.2 Å². The lowest BCUT2D eigenvalue weighted by atomic mass is 10.2. The van der Waals surface area contributed by atoms with E-state index < -0.39 is 0 Å². The van der Waals surface area contributed by atoms with E-state index in [-0.39, 0.29) is 0 Å². The first kappa shape index (κ1) is 15.3. The molecule has 0 radical (unpaired) electrons. The lowest BCUT2D eigenvalue weighted by Gasteiger charge is -2.21. The van der Waals surface area contributed by atoms with E-state index in [0.29, 0.717) is 25.7 Å². The molecule has 0 unspecified atom stereocenters. The zero-order valence-corrected chi connectivity index (χ0v) is 11.7. The van der Waals surface area contributed by atoms with Crippen LogP contribution in [0.15, 0.2) is 29.3 Å². The van der Waals surface area contributed by atoms with Gasteiger partial charge in [-0.25, -0.2) is 10.8 Å². The second kappa shape index (κ2) is 8.34. The van der Waals surface area contributed by atoms with E-state index in [1.165, 1.54) is 0 Å². The number of aliphatic imine (C=N–C) groups is 1. The van der Waals surface area contributed by atoms with Crippen molar-refractivity contribution in [1.82, 2.24) is 10.3 Å². The van der Waals surface area contributed by atoms with Crippen molar-refractivity contribution in [3.63, 3.8) is 0 Å². The van der Waals surface area contributed by atoms with E-state index in [1.54, 1.807) is 14.2 Å². The van der Waals surface area contributed by atoms with E-state index in [9.17, 15) is 0 Å². The molecule has 0 aliphatic heterocycles. The molecule has 0 fully saturated rings. The maximum atomic E-state index is 5.49. The molecule has 19 heavy (non-hydrogen) atoms. The Hall–Kier alpha value is -1.79. The number of guanidine groups is 1. The molecule has 0 bridgehead atoms. The second-order valence-corrected chi connectivity index (χ2v) is 4.01. The van der Waals surface area contributed by atoms with Crippen LogP contribution in [0.4, 0.5) is 0 Å². The number of nitrogens with zero attached hydrogens (tertiary/aromatic N) is 2. The maximum Gasteiger partial charge on any atom is 0.208 e. The zero-order valence-electron chi connectivity index (χ0n) is 11.7. The first-order chi connectivity index (χ1) is 9.22. The predicted octanol–water partition coefficient (Wildman–Crippen LogP) is 0.593. The molecule has 0 aliphatic rings. The molecular weight excluding hydrogens is 244 g/mol. The van der Waals surface area contributed by atoms with Crippen molar-refractivity contribution >= 4 is 5.96 Å². The number of rotatable bonds is 6. The fourth-order valence-electron chi connectivity index (χ4n) is 1.68. The van der Waals surface area contributed by atoms with Crippen molar-refractivity contribution in [2.24, 2.45) is 10.8 Å². The summed E-state index contributed by atoms with van der Waals surface area (Å²) >= 11 is 0. The van der Waals surface area contributed by atoms with Crippen LogP contribution >= 0.6 is 0 Å². The van der Waals surface area contributed by atoms with Gasteiger partial charge in [0.2, 0.25) is 5.96 Å². The van der Waals surface area contributed by atoms with Crippen molar-refractivity contribution in [2.45, 2.75) is 6.54 Å². The van der Waals surface area contributed by atoms with Crippen LogP contribution in [0.3, 0.4) is 0 Å². The Kier molecular flexibility index (Phi) is 6.70. The Morgan fingerprint density at radius 3 is 2.74 bits per heavy atom. The van der Waals surface area contributed by atoms with Crippen LogP contribution in [0, 0.1) is 0 Å². The minimum atomic E-state index is 0.562. The summed E-state index contributed by atoms with van der Waals surface area (Å²) in [5, 5.41) is 0. The van der Waals surface area contributed by atoms with Crippen molar-refractivity contribution in [3.8, 4) is 5.75 Å². The predicted molar refractivity (Wildman–Crippen MR) is 76.0 cm³/mol. The molecule has 0 spiro atoms. The number of benzene rings is 1. The highest BCUT2D eigenvalue weighted by Gasteiger charge is 2.08. The van der Waals surface area contributed by atoms with Crippen LogP contribution in [0.2, 0.25) is 0 Å². The van der Waals surface area contributed by atoms with Crippen LogP contribution in [0.25, 0.3) is 0 Å². The summed E-state index contributed by atoms with van der Waals surface area (Å²) in [5.74, 6) is 6.95. The van der Waals surface area contributed by atoms with Gasteiger partial charge in [-0.05, 0) is 6.07 Å². The average Bonchev–Trinajstić information content (AvgIpc) is 2.44. The van der Waals surface area contributed by atoms with Gasteiger partial charge in [-0.3, -0.25) is 5.43 Å². The Morgan fingerprint density at radius 2 is 2.11 bits per heavy atom. The summed E-state index contributed by atoms with van der Waals surface area (Å²) < 4.78 is 10.3. The third-order valence-corrected chi connectivity index (χ3v) is 2.65. The van der Waals surface area contributed by atoms with Crippen LogP contribution in [0.5, 0.6) is 5.75 Å². The monoisotopic (exact) mass is 266 g/mol. The fourth-order valence-corrected chi connectivity index (χ4v) is 1.68. The Morgan fingerprint density at radius 1 is 1.37 bits per heavy atom. The van der Waals surface area contributed by atoms with E-state index in [4.69, 9.17) is 15.3 Å². The molecule has 0 aromatic heterocycles. The standard InChI is InChI=1S/C13H22N4O2/c1-17(13(16-14)15-8-9-18-2)10-11-6-4-5-7-12(11)19-3/h4-7H,8-10,14H2,1-3H3,(H,15,16). The number of para-hydroxylation sites is 1. The summed E-state index contributed by atoms with van der Waals surface area (Å²) in [6.07, 6.45) is 0. The summed E-state index contributed by atoms with van der Waals surface area (Å²) in [4.78, 5) is 6.25. The third kappa shape index (κ3) is 4.76. The molecule has 1 aromatic rings. The number of hydrazine groups is 1. The number of methoxy groups -OCH3 is 2. The second-order valence-electron chi connectivity index (χ2n) is 4.01. The molecule has 0 amide bonds. The van der Waals surface area contributed by atoms with Crippen molar-refractivity contribution in [1.29, 1.82) is 0 Å². The van der Waals surface area contributed by atoms with Gasteiger partial charge in [-0.2, -0.15) is 0 Å². The highest BCUT2D eigenvalue weighted by atomic mass is 16.5. The number of hydrogen-bond donors (Lipinski definition) is 2. The quantitative estimate of drug-likeness (QED) is 0.259. The summed E-state index contributed by atoms with van der Waals surface area (Å²) in [5.41, 5.74) is 3.67. The number of hydrogen-bond acceptors (Lipinski definition) is 4. The normalized spacial score (nSPS) is 11.3. The topological polar surface area (TPSA) is 72.1 Å². The molecule has 0 saturated carbocycles. The van der Waals surface area contributed by atoms with Crippen molar-refractivity contribution < 1.29 is 9.47 Å². The molecule has 0 heterocycles. The van der Waals surface area contributed by atoms with Gasteiger partial charge in [0.15, 0.2) is 0 Å². The number of ether oxygens (including phenoxy) is 2. The zero-order chi connectivity index (χ0) is 14.1. The lowest BCUT2D eigenvalue weighted by molar-refractivity contribution is 0.207. The van der Waals surface area contributed by atoms with E-state index in [1.807, 2.05) is 36.2 Å². The molecular formula is C13H22N4O2. The minimum Gasteiger partial charge on any atom is -0.496 e. The van der Waals surface area contributed by atoms with Gasteiger partial charge >= 0.3 is 0 Å². The molecule has 6 nitrogen and oxygen atoms in total. The highest BCUT2D eigenvalue weighted by Crippen LogP contribution is 2.18. The Bertz CT molecular complexity index is 409. The fraction of sp³-hybridized carbons (Fsp3) is 0.462. The average molecular weight is 266 g/mol. The molecule has 6 heteroatoms. The molecule has 0 atom stereocenters. The number of nitrogens with one attached hydrogen (secondary N) is 1. The first-order valence-corrected chi connectivity index (χ1v) is 6.06. The summed E-state index contributed by atoms with van der Waals surface area (Å²) in [7, 11) is 5.22. The minimum absolute atomic E-state index is 0.562. The molecule has 0 saturated heterocycles. The van der Waals surface area contributed by atoms with Crippen molar-refractivity contribution in [3.05, 3.63) is 29.8 Å². The molecule has 1 aromatic carbocycles. The van der Waals surface area contributed by atoms with Crippen molar-refractivity contribution in [2.75, 3.05) is 34.4 Å². The largest absolute Gasteiger partial charge is 0.496 e. The van der Waals surface area contributed by atoms with Gasteiger partial charge in [0.05, 0.1) is 20.3 Å². The van der Waals surface area contributed by atoms with E-state index in [0.717, 1.165) is 11.3 Å². The smallest absolute Gasteiger partial charge is 0.208 e. The highest BCUT2D eigenvalue weighted by molar-refractivity contribution is 5.79. The maximum absolute atomic E-state index is 5.49. The van der Waals surface area contributed by atoms with Gasteiger partial charge < -0.3 is 14.4 Å². The van der Waals surface area contributed by atoms with Crippen LogP contribution in [-0.4, -0.2) is 45.3 Å². The van der Waals surface area contributed by atoms with E-state index in [2.05, 4.69) is 10.4 Å². The van der Waals surface area contributed by atoms with Gasteiger partial charge in [0, 0.05) is 26.3 Å². The Balaban J connectivity index is 2.70. The van der Waals surface area contributed by atoms with Gasteiger partial charge in [0.25, 0.3) is 0 Å². The Labute approximate surface area is 114 Å². The molecule has 0 aliphatic carbocycles. The molecule has 1 rings (SSSR count). The van der Waals surface area contributed by atoms with Crippen LogP contribution < -0.4 is 16.0 Å². The third-order valence-electron chi connectivity index (χ3n) is 2.65. The molecule has 3 N–H and O–H groups in total. The SMILES string of the molecule is COCCN=C(NN)N(C)Cc1ccccc1OC.